The van der Waals surface area contributed by atoms with Gasteiger partial charge in [-0.15, -0.1) is 0 Å². The van der Waals surface area contributed by atoms with Crippen LogP contribution in [-0.2, 0) is 0 Å². The molecular formula is C25H15BrN4. The molecule has 0 atom stereocenters. The number of rotatable bonds is 2. The van der Waals surface area contributed by atoms with Gasteiger partial charge in [0, 0.05) is 32.4 Å². The van der Waals surface area contributed by atoms with Crippen LogP contribution in [0.25, 0.3) is 49.9 Å². The number of aromatic nitrogens is 4. The second kappa shape index (κ2) is 6.75. The quantitative estimate of drug-likeness (QED) is 0.300. The van der Waals surface area contributed by atoms with Crippen LogP contribution in [0.15, 0.2) is 95.7 Å². The Morgan fingerprint density at radius 3 is 2.43 bits per heavy atom. The van der Waals surface area contributed by atoms with Crippen molar-refractivity contribution in [3.63, 3.8) is 0 Å². The lowest BCUT2D eigenvalue weighted by molar-refractivity contribution is 1.01. The van der Waals surface area contributed by atoms with Crippen LogP contribution in [0.3, 0.4) is 0 Å². The van der Waals surface area contributed by atoms with Crippen LogP contribution in [0.5, 0.6) is 0 Å². The van der Waals surface area contributed by atoms with Gasteiger partial charge in [-0.3, -0.25) is 9.55 Å². The van der Waals surface area contributed by atoms with Gasteiger partial charge < -0.3 is 0 Å². The predicted octanol–water partition coefficient (Wildman–Crippen LogP) is 6.55. The minimum atomic E-state index is 0.642. The molecule has 0 N–H and O–H groups in total. The summed E-state index contributed by atoms with van der Waals surface area (Å²) in [5.41, 5.74) is 4.94. The highest BCUT2D eigenvalue weighted by Gasteiger charge is 2.17. The van der Waals surface area contributed by atoms with E-state index in [0.717, 1.165) is 48.4 Å². The fourth-order valence-corrected chi connectivity index (χ4v) is 4.40. The number of hydrogen-bond donors (Lipinski definition) is 0. The summed E-state index contributed by atoms with van der Waals surface area (Å²) >= 11 is 3.60. The summed E-state index contributed by atoms with van der Waals surface area (Å²) in [7, 11) is 0. The van der Waals surface area contributed by atoms with Crippen molar-refractivity contribution in [3.8, 4) is 17.2 Å². The van der Waals surface area contributed by atoms with Crippen molar-refractivity contribution in [1.82, 2.24) is 19.5 Å². The molecule has 0 fully saturated rings. The van der Waals surface area contributed by atoms with Gasteiger partial charge >= 0.3 is 0 Å². The molecule has 4 nitrogen and oxygen atoms in total. The molecule has 3 aromatic carbocycles. The van der Waals surface area contributed by atoms with E-state index in [1.165, 1.54) is 0 Å². The van der Waals surface area contributed by atoms with Crippen molar-refractivity contribution in [2.24, 2.45) is 0 Å². The van der Waals surface area contributed by atoms with E-state index in [1.54, 1.807) is 0 Å². The van der Waals surface area contributed by atoms with E-state index in [2.05, 4.69) is 55.8 Å². The minimum absolute atomic E-state index is 0.642. The molecule has 6 aromatic rings. The van der Waals surface area contributed by atoms with Gasteiger partial charge in [0.2, 0.25) is 5.95 Å². The maximum Gasteiger partial charge on any atom is 0.235 e. The van der Waals surface area contributed by atoms with Crippen molar-refractivity contribution >= 4 is 48.6 Å². The monoisotopic (exact) mass is 450 g/mol. The summed E-state index contributed by atoms with van der Waals surface area (Å²) in [5.74, 6) is 0.642. The lowest BCUT2D eigenvalue weighted by Gasteiger charge is -2.11. The first kappa shape index (κ1) is 17.3. The average molecular weight is 451 g/mol. The fraction of sp³-hybridized carbons (Fsp3) is 0. The van der Waals surface area contributed by atoms with Gasteiger partial charge in [0.05, 0.1) is 28.4 Å². The van der Waals surface area contributed by atoms with E-state index in [-0.39, 0.29) is 0 Å². The number of fused-ring (bicyclic) bond motifs is 4. The largest absolute Gasteiger partial charge is 0.276 e. The molecule has 0 aliphatic heterocycles. The zero-order chi connectivity index (χ0) is 20.1. The number of halogens is 1. The van der Waals surface area contributed by atoms with Crippen LogP contribution in [-0.4, -0.2) is 19.5 Å². The normalized spacial score (nSPS) is 11.5. The predicted molar refractivity (Wildman–Crippen MR) is 125 cm³/mol. The smallest absolute Gasteiger partial charge is 0.235 e. The van der Waals surface area contributed by atoms with Gasteiger partial charge in [-0.2, -0.15) is 0 Å². The lowest BCUT2D eigenvalue weighted by atomic mass is 10.1. The number of benzene rings is 3. The lowest BCUT2D eigenvalue weighted by Crippen LogP contribution is -2.03. The maximum absolute atomic E-state index is 5.05. The van der Waals surface area contributed by atoms with Crippen LogP contribution in [0, 0.1) is 0 Å². The Hall–Kier alpha value is -3.57. The molecule has 0 spiro atoms. The second-order valence-corrected chi connectivity index (χ2v) is 8.06. The van der Waals surface area contributed by atoms with Gasteiger partial charge in [0.15, 0.2) is 0 Å². The molecule has 5 heteroatoms. The zero-order valence-electron chi connectivity index (χ0n) is 15.8. The summed E-state index contributed by atoms with van der Waals surface area (Å²) in [6, 6.07) is 26.7. The number of nitrogens with zero attached hydrogens (tertiary/aromatic N) is 4. The standard InChI is InChI=1S/C25H15BrN4/c26-17-10-11-22-20(14-17)18-12-13-27-15-23(18)30(22)25-28-21-9-5-4-8-19(21)24(29-25)16-6-2-1-3-7-16/h1-15H. The number of para-hydroxylation sites is 1. The van der Waals surface area contributed by atoms with Crippen LogP contribution in [0.2, 0.25) is 0 Å². The third-order valence-electron chi connectivity index (χ3n) is 5.37. The van der Waals surface area contributed by atoms with Gasteiger partial charge in [-0.25, -0.2) is 9.97 Å². The molecule has 0 saturated carbocycles. The Bertz CT molecular complexity index is 1550. The van der Waals surface area contributed by atoms with Gasteiger partial charge in [-0.1, -0.05) is 64.5 Å². The highest BCUT2D eigenvalue weighted by atomic mass is 79.9. The van der Waals surface area contributed by atoms with Gasteiger partial charge in [0.1, 0.15) is 0 Å². The molecule has 0 aliphatic carbocycles. The molecule has 0 radical (unpaired) electrons. The first-order chi connectivity index (χ1) is 14.8. The summed E-state index contributed by atoms with van der Waals surface area (Å²) in [5, 5.41) is 3.30. The summed E-state index contributed by atoms with van der Waals surface area (Å²) in [6.45, 7) is 0. The van der Waals surface area contributed by atoms with Gasteiger partial charge in [0.25, 0.3) is 0 Å². The average Bonchev–Trinajstić information content (AvgIpc) is 3.12. The van der Waals surface area contributed by atoms with E-state index in [4.69, 9.17) is 9.97 Å². The molecule has 6 rings (SSSR count). The molecular weight excluding hydrogens is 436 g/mol. The van der Waals surface area contributed by atoms with Crippen LogP contribution < -0.4 is 0 Å². The molecule has 0 bridgehead atoms. The Balaban J connectivity index is 1.75. The third-order valence-corrected chi connectivity index (χ3v) is 5.86. The molecule has 0 amide bonds. The SMILES string of the molecule is Brc1ccc2c(c1)c1ccncc1n2-c1nc(-c2ccccc2)c2ccccc2n1. The Labute approximate surface area is 181 Å². The molecule has 3 heterocycles. The van der Waals surface area contributed by atoms with E-state index in [9.17, 15) is 0 Å². The second-order valence-electron chi connectivity index (χ2n) is 7.15. The zero-order valence-corrected chi connectivity index (χ0v) is 17.4. The topological polar surface area (TPSA) is 43.6 Å². The van der Waals surface area contributed by atoms with Crippen molar-refractivity contribution < 1.29 is 0 Å². The Morgan fingerprint density at radius 2 is 1.53 bits per heavy atom. The Morgan fingerprint density at radius 1 is 0.700 bits per heavy atom. The van der Waals surface area contributed by atoms with E-state index < -0.39 is 0 Å². The maximum atomic E-state index is 5.05. The van der Waals surface area contributed by atoms with Gasteiger partial charge in [-0.05, 0) is 30.3 Å². The summed E-state index contributed by atoms with van der Waals surface area (Å²) < 4.78 is 3.14. The van der Waals surface area contributed by atoms with Crippen molar-refractivity contribution in [2.45, 2.75) is 0 Å². The number of hydrogen-bond acceptors (Lipinski definition) is 3. The third kappa shape index (κ3) is 2.63. The first-order valence-corrected chi connectivity index (χ1v) is 10.5. The molecule has 142 valence electrons. The number of pyridine rings is 1. The molecule has 0 unspecified atom stereocenters. The molecule has 0 saturated heterocycles. The molecule has 30 heavy (non-hydrogen) atoms. The van der Waals surface area contributed by atoms with E-state index >= 15 is 0 Å². The minimum Gasteiger partial charge on any atom is -0.276 e. The van der Waals surface area contributed by atoms with E-state index in [1.807, 2.05) is 60.9 Å². The Kier molecular flexibility index (Phi) is 3.89. The molecule has 0 aliphatic rings. The van der Waals surface area contributed by atoms with Crippen molar-refractivity contribution in [2.75, 3.05) is 0 Å². The first-order valence-electron chi connectivity index (χ1n) is 9.66. The highest BCUT2D eigenvalue weighted by Crippen LogP contribution is 2.34. The van der Waals surface area contributed by atoms with E-state index in [0.29, 0.717) is 5.95 Å². The summed E-state index contributed by atoms with van der Waals surface area (Å²) in [6.07, 6.45) is 3.70. The fourth-order valence-electron chi connectivity index (χ4n) is 4.04. The van der Waals surface area contributed by atoms with Crippen LogP contribution >= 0.6 is 15.9 Å². The van der Waals surface area contributed by atoms with Crippen LogP contribution in [0.1, 0.15) is 0 Å². The summed E-state index contributed by atoms with van der Waals surface area (Å²) in [4.78, 5) is 14.4. The molecule has 3 aromatic heterocycles. The van der Waals surface area contributed by atoms with Crippen LogP contribution in [0.4, 0.5) is 0 Å². The highest BCUT2D eigenvalue weighted by molar-refractivity contribution is 9.10. The van der Waals surface area contributed by atoms with Crippen molar-refractivity contribution in [1.29, 1.82) is 0 Å². The van der Waals surface area contributed by atoms with Crippen molar-refractivity contribution in [3.05, 3.63) is 95.7 Å².